The predicted octanol–water partition coefficient (Wildman–Crippen LogP) is -2.15. The molecule has 3 rings (SSSR count). The summed E-state index contributed by atoms with van der Waals surface area (Å²) in [6.07, 6.45) is 1.57. The minimum Gasteiger partial charge on any atom is -0.549 e. The molecule has 0 spiro atoms. The Morgan fingerprint density at radius 3 is 0.521 bits per heavy atom. The van der Waals surface area contributed by atoms with Crippen LogP contribution in [0.15, 0.2) is 91.0 Å². The van der Waals surface area contributed by atoms with Crippen molar-refractivity contribution in [3.63, 3.8) is 0 Å². The Hall–Kier alpha value is -6.44. The van der Waals surface area contributed by atoms with Gasteiger partial charge in [-0.05, 0) is 96.8 Å². The third kappa shape index (κ3) is 34.5. The van der Waals surface area contributed by atoms with Crippen molar-refractivity contribution in [2.45, 2.75) is 101 Å². The molecule has 20 heteroatoms. The fourth-order valence-corrected chi connectivity index (χ4v) is 5.59. The SMILES string of the molecule is CC(=O)C(Cc1ccccc1)C(=O)[O-].CC(=O)C(Cc1ccccc1)C(=O)[O-].CC(=O)C(Cc1ccccc1)C(=O)[O-].CCC(C(C)=O)C(=O)[O-].CCC(C(C)=O)C(=O)[O-].CCC(C(C)=O)C(=O)[O-].[Al+3].[Al+3]. The molecule has 6 atom stereocenters. The van der Waals surface area contributed by atoms with Crippen LogP contribution in [0.2, 0.25) is 0 Å². The summed E-state index contributed by atoms with van der Waals surface area (Å²) >= 11 is 0. The smallest absolute Gasteiger partial charge is 0.549 e. The summed E-state index contributed by atoms with van der Waals surface area (Å²) in [5.74, 6) is -15.7. The van der Waals surface area contributed by atoms with Gasteiger partial charge in [0.1, 0.15) is 34.7 Å². The molecule has 0 aliphatic rings. The molecular weight excluding hydrogens is 955 g/mol. The van der Waals surface area contributed by atoms with E-state index >= 15 is 0 Å². The van der Waals surface area contributed by atoms with Crippen LogP contribution < -0.4 is 30.6 Å². The normalized spacial score (nSPS) is 12.0. The minimum atomic E-state index is -1.30. The Morgan fingerprint density at radius 1 is 0.296 bits per heavy atom. The van der Waals surface area contributed by atoms with Gasteiger partial charge in [-0.15, -0.1) is 0 Å². The van der Waals surface area contributed by atoms with Gasteiger partial charge in [-0.25, -0.2) is 0 Å². The van der Waals surface area contributed by atoms with E-state index in [0.29, 0.717) is 19.3 Å². The maximum Gasteiger partial charge on any atom is 3.00 e. The standard InChI is InChI=1S/3C11H12O3.3C6H10O3.2Al/c3*1-8(12)10(11(13)14)7-9-5-3-2-4-6-9;3*1-3-5(4(2)7)6(8)9;;/h3*2-6,10H,7H2,1H3,(H,13,14);3*5H,3H2,1-2H3,(H,8,9);;/q;;;;;;2*+3/p-6. The van der Waals surface area contributed by atoms with Gasteiger partial charge in [-0.3, -0.25) is 28.8 Å². The number of carboxylic acids is 6. The number of carboxylic acid groups (broad SMARTS) is 6. The number of aliphatic carboxylic acids is 6. The second-order valence-corrected chi connectivity index (χ2v) is 15.2. The third-order valence-electron chi connectivity index (χ3n) is 9.72. The van der Waals surface area contributed by atoms with E-state index in [4.69, 9.17) is 0 Å². The zero-order chi connectivity index (χ0) is 54.0. The van der Waals surface area contributed by atoms with E-state index in [1.165, 1.54) is 41.5 Å². The Labute approximate surface area is 435 Å². The Balaban J connectivity index is -0.000000247. The number of Topliss-reactive ketones (excluding diaryl/α,β-unsaturated/α-hetero) is 6. The molecule has 0 radical (unpaired) electrons. The molecule has 0 saturated carbocycles. The van der Waals surface area contributed by atoms with Crippen molar-refractivity contribution in [3.05, 3.63) is 108 Å². The van der Waals surface area contributed by atoms with E-state index in [1.54, 1.807) is 57.2 Å². The summed E-state index contributed by atoms with van der Waals surface area (Å²) in [5.41, 5.74) is 2.49. The molecule has 0 heterocycles. The third-order valence-corrected chi connectivity index (χ3v) is 9.72. The molecule has 3 aromatic carbocycles. The van der Waals surface area contributed by atoms with Crippen molar-refractivity contribution in [1.82, 2.24) is 0 Å². The van der Waals surface area contributed by atoms with E-state index in [-0.39, 0.29) is 88.7 Å². The van der Waals surface area contributed by atoms with Gasteiger partial charge in [0.05, 0.1) is 71.3 Å². The van der Waals surface area contributed by atoms with Gasteiger partial charge in [-0.2, -0.15) is 0 Å². The van der Waals surface area contributed by atoms with Crippen molar-refractivity contribution < 1.29 is 88.2 Å². The Morgan fingerprint density at radius 2 is 0.437 bits per heavy atom. The fourth-order valence-electron chi connectivity index (χ4n) is 5.59. The van der Waals surface area contributed by atoms with Crippen LogP contribution in [0.25, 0.3) is 0 Å². The van der Waals surface area contributed by atoms with Crippen LogP contribution in [-0.4, -0.2) is 105 Å². The van der Waals surface area contributed by atoms with Gasteiger partial charge in [0.2, 0.25) is 0 Å². The summed E-state index contributed by atoms with van der Waals surface area (Å²) in [5, 5.41) is 62.0. The summed E-state index contributed by atoms with van der Waals surface area (Å²) in [6, 6.07) is 27.1. The van der Waals surface area contributed by atoms with Crippen molar-refractivity contribution in [2.24, 2.45) is 35.5 Å². The van der Waals surface area contributed by atoms with Gasteiger partial charge in [-0.1, -0.05) is 112 Å². The van der Waals surface area contributed by atoms with E-state index < -0.39 is 71.3 Å². The number of rotatable bonds is 21. The largest absolute Gasteiger partial charge is 3.00 e. The molecule has 3 aromatic rings. The molecule has 378 valence electrons. The van der Waals surface area contributed by atoms with Crippen LogP contribution in [0.3, 0.4) is 0 Å². The first-order valence-electron chi connectivity index (χ1n) is 21.5. The summed E-state index contributed by atoms with van der Waals surface area (Å²) in [6.45, 7) is 12.5. The molecule has 18 nitrogen and oxygen atoms in total. The van der Waals surface area contributed by atoms with Crippen molar-refractivity contribution in [3.8, 4) is 0 Å². The average Bonchev–Trinajstić information content (AvgIpc) is 3.25. The molecule has 0 bridgehead atoms. The Kier molecular flexibility index (Phi) is 42.8. The van der Waals surface area contributed by atoms with Gasteiger partial charge in [0.25, 0.3) is 0 Å². The van der Waals surface area contributed by atoms with Crippen LogP contribution in [0.4, 0.5) is 0 Å². The summed E-state index contributed by atoms with van der Waals surface area (Å²) in [7, 11) is 0. The molecular formula is C51H60Al2O18. The monoisotopic (exact) mass is 1010 g/mol. The number of hydrogen-bond donors (Lipinski definition) is 0. The first-order valence-corrected chi connectivity index (χ1v) is 21.5. The van der Waals surface area contributed by atoms with Gasteiger partial charge in [0, 0.05) is 0 Å². The molecule has 0 amide bonds. The zero-order valence-corrected chi connectivity index (χ0v) is 43.7. The topological polar surface area (TPSA) is 343 Å². The zero-order valence-electron chi connectivity index (χ0n) is 41.4. The van der Waals surface area contributed by atoms with Crippen molar-refractivity contribution >= 4 is 105 Å². The fraction of sp³-hybridized carbons (Fsp3) is 0.412. The van der Waals surface area contributed by atoms with Crippen LogP contribution in [0, 0.1) is 35.5 Å². The average molecular weight is 1010 g/mol. The number of ketones is 6. The van der Waals surface area contributed by atoms with Crippen LogP contribution in [0.1, 0.15) is 98.3 Å². The first-order chi connectivity index (χ1) is 32.1. The van der Waals surface area contributed by atoms with Crippen LogP contribution >= 0.6 is 0 Å². The molecule has 0 aliphatic heterocycles. The number of carbonyl (C=O) groups excluding carboxylic acids is 12. The summed E-state index contributed by atoms with van der Waals surface area (Å²) in [4.78, 5) is 126. The molecule has 0 N–H and O–H groups in total. The minimum absolute atomic E-state index is 0. The molecule has 0 fully saturated rings. The number of hydrogen-bond acceptors (Lipinski definition) is 18. The van der Waals surface area contributed by atoms with Crippen molar-refractivity contribution in [2.75, 3.05) is 0 Å². The van der Waals surface area contributed by atoms with Crippen LogP contribution in [-0.2, 0) is 76.8 Å². The molecule has 71 heavy (non-hydrogen) atoms. The van der Waals surface area contributed by atoms with Gasteiger partial charge < -0.3 is 59.4 Å². The second-order valence-electron chi connectivity index (χ2n) is 15.2. The maximum absolute atomic E-state index is 11.0. The van der Waals surface area contributed by atoms with E-state index in [9.17, 15) is 88.2 Å². The molecule has 0 saturated heterocycles. The van der Waals surface area contributed by atoms with E-state index in [1.807, 2.05) is 54.6 Å². The summed E-state index contributed by atoms with van der Waals surface area (Å²) < 4.78 is 0. The second kappa shape index (κ2) is 41.4. The van der Waals surface area contributed by atoms with E-state index in [2.05, 4.69) is 0 Å². The quantitative estimate of drug-likeness (QED) is 0.0810. The molecule has 0 aliphatic carbocycles. The predicted molar refractivity (Wildman–Crippen MR) is 248 cm³/mol. The van der Waals surface area contributed by atoms with E-state index in [0.717, 1.165) is 16.7 Å². The number of carbonyl (C=O) groups is 12. The first kappa shape index (κ1) is 73.5. The molecule has 6 unspecified atom stereocenters. The van der Waals surface area contributed by atoms with Crippen molar-refractivity contribution in [1.29, 1.82) is 0 Å². The van der Waals surface area contributed by atoms with Crippen LogP contribution in [0.5, 0.6) is 0 Å². The Bertz CT molecular complexity index is 1820. The van der Waals surface area contributed by atoms with Gasteiger partial charge >= 0.3 is 34.7 Å². The number of benzene rings is 3. The van der Waals surface area contributed by atoms with Gasteiger partial charge in [0.15, 0.2) is 0 Å². The molecule has 0 aromatic heterocycles. The maximum atomic E-state index is 11.0.